The van der Waals surface area contributed by atoms with E-state index in [1.54, 1.807) is 6.07 Å². The van der Waals surface area contributed by atoms with Crippen LogP contribution >= 0.6 is 0 Å². The summed E-state index contributed by atoms with van der Waals surface area (Å²) >= 11 is 0. The van der Waals surface area contributed by atoms with Gasteiger partial charge in [-0.2, -0.15) is 0 Å². The minimum absolute atomic E-state index is 0.0408. The summed E-state index contributed by atoms with van der Waals surface area (Å²) in [7, 11) is -2.88. The average molecular weight is 592 g/mol. The van der Waals surface area contributed by atoms with Gasteiger partial charge in [0.2, 0.25) is 0 Å². The van der Waals surface area contributed by atoms with E-state index in [2.05, 4.69) is 17.4 Å². The second-order valence-corrected chi connectivity index (χ2v) is 14.2. The highest BCUT2D eigenvalue weighted by Gasteiger charge is 2.45. The van der Waals surface area contributed by atoms with Gasteiger partial charge in [-0.05, 0) is 121 Å². The van der Waals surface area contributed by atoms with Crippen LogP contribution in [0.15, 0.2) is 54.6 Å². The first-order valence-corrected chi connectivity index (χ1v) is 16.9. The predicted octanol–water partition coefficient (Wildman–Crippen LogP) is 6.46. The van der Waals surface area contributed by atoms with Gasteiger partial charge in [0.25, 0.3) is 0 Å². The van der Waals surface area contributed by atoms with Crippen LogP contribution in [0.1, 0.15) is 60.8 Å². The molecule has 0 amide bonds. The predicted molar refractivity (Wildman–Crippen MR) is 162 cm³/mol. The molecule has 42 heavy (non-hydrogen) atoms. The SMILES string of the molecule is CCOC(=O)[C@H]1C[C@@H]1c1ccc(NCc2cc3c(cc2F)CCCc2cc(OCC4CCS(=O)(=O)CC4)ccc2-3)cc1. The maximum absolute atomic E-state index is 15.2. The fourth-order valence-corrected chi connectivity index (χ4v) is 7.88. The molecule has 2 atom stereocenters. The van der Waals surface area contributed by atoms with Crippen molar-refractivity contribution in [2.45, 2.75) is 57.9 Å². The summed E-state index contributed by atoms with van der Waals surface area (Å²) in [5.74, 6) is 1.42. The maximum Gasteiger partial charge on any atom is 0.309 e. The van der Waals surface area contributed by atoms with Crippen LogP contribution in [0.25, 0.3) is 11.1 Å². The Morgan fingerprint density at radius 1 is 0.976 bits per heavy atom. The van der Waals surface area contributed by atoms with Crippen molar-refractivity contribution in [2.75, 3.05) is 30.0 Å². The van der Waals surface area contributed by atoms with Crippen LogP contribution in [0, 0.1) is 17.7 Å². The van der Waals surface area contributed by atoms with E-state index in [0.29, 0.717) is 38.2 Å². The number of carbonyl (C=O) groups is 1. The Hall–Kier alpha value is -3.39. The third-order valence-corrected chi connectivity index (χ3v) is 10.6. The van der Waals surface area contributed by atoms with Gasteiger partial charge in [0.05, 0.1) is 30.6 Å². The zero-order chi connectivity index (χ0) is 29.3. The van der Waals surface area contributed by atoms with E-state index in [-0.39, 0.29) is 41.0 Å². The molecule has 3 aliphatic rings. The number of carbonyl (C=O) groups excluding carboxylic acids is 1. The van der Waals surface area contributed by atoms with E-state index in [4.69, 9.17) is 9.47 Å². The highest BCUT2D eigenvalue weighted by molar-refractivity contribution is 7.91. The van der Waals surface area contributed by atoms with Crippen LogP contribution in [-0.4, -0.2) is 39.1 Å². The van der Waals surface area contributed by atoms with Crippen molar-refractivity contribution in [3.8, 4) is 16.9 Å². The van der Waals surface area contributed by atoms with E-state index in [1.165, 1.54) is 5.56 Å². The molecule has 1 saturated heterocycles. The Morgan fingerprint density at radius 2 is 1.71 bits per heavy atom. The van der Waals surface area contributed by atoms with Crippen molar-refractivity contribution < 1.29 is 27.1 Å². The van der Waals surface area contributed by atoms with Crippen molar-refractivity contribution >= 4 is 21.5 Å². The van der Waals surface area contributed by atoms with Gasteiger partial charge in [0, 0.05) is 17.8 Å². The molecule has 1 saturated carbocycles. The largest absolute Gasteiger partial charge is 0.493 e. The van der Waals surface area contributed by atoms with Crippen molar-refractivity contribution in [1.29, 1.82) is 0 Å². The molecule has 8 heteroatoms. The monoisotopic (exact) mass is 591 g/mol. The normalized spacial score (nSPS) is 21.0. The number of halogens is 1. The van der Waals surface area contributed by atoms with E-state index in [0.717, 1.165) is 59.4 Å². The highest BCUT2D eigenvalue weighted by atomic mass is 32.2. The Bertz CT molecular complexity index is 1560. The molecule has 1 heterocycles. The summed E-state index contributed by atoms with van der Waals surface area (Å²) in [5.41, 5.74) is 7.05. The number of hydrogen-bond donors (Lipinski definition) is 1. The van der Waals surface area contributed by atoms with E-state index >= 15 is 4.39 Å². The summed E-state index contributed by atoms with van der Waals surface area (Å²) in [6.07, 6.45) is 4.78. The molecule has 1 N–H and O–H groups in total. The van der Waals surface area contributed by atoms with Crippen LogP contribution in [0.4, 0.5) is 10.1 Å². The molecule has 6 nitrogen and oxygen atoms in total. The molecular weight excluding hydrogens is 553 g/mol. The lowest BCUT2D eigenvalue weighted by Gasteiger charge is -2.22. The molecule has 2 fully saturated rings. The summed E-state index contributed by atoms with van der Waals surface area (Å²) < 4.78 is 49.9. The number of ether oxygens (including phenoxy) is 2. The first kappa shape index (κ1) is 28.7. The lowest BCUT2D eigenvalue weighted by atomic mass is 9.94. The molecular formula is C34H38FNO5S. The quantitative estimate of drug-likeness (QED) is 0.288. The zero-order valence-electron chi connectivity index (χ0n) is 24.0. The minimum atomic E-state index is -2.88. The molecule has 1 aliphatic heterocycles. The number of rotatable bonds is 9. The van der Waals surface area contributed by atoms with Gasteiger partial charge in [-0.1, -0.05) is 18.2 Å². The summed E-state index contributed by atoms with van der Waals surface area (Å²) in [5, 5.41) is 3.36. The van der Waals surface area contributed by atoms with Gasteiger partial charge in [-0.15, -0.1) is 0 Å². The van der Waals surface area contributed by atoms with Crippen LogP contribution in [0.3, 0.4) is 0 Å². The average Bonchev–Trinajstić information content (AvgIpc) is 3.80. The molecule has 0 bridgehead atoms. The van der Waals surface area contributed by atoms with Crippen molar-refractivity contribution in [3.05, 3.63) is 82.7 Å². The molecule has 0 spiro atoms. The number of hydrogen-bond acceptors (Lipinski definition) is 6. The molecule has 3 aromatic rings. The van der Waals surface area contributed by atoms with Crippen LogP contribution < -0.4 is 10.1 Å². The van der Waals surface area contributed by atoms with Gasteiger partial charge in [-0.3, -0.25) is 4.79 Å². The van der Waals surface area contributed by atoms with Crippen molar-refractivity contribution in [3.63, 3.8) is 0 Å². The van der Waals surface area contributed by atoms with Crippen LogP contribution in [0.2, 0.25) is 0 Å². The van der Waals surface area contributed by atoms with Gasteiger partial charge in [0.15, 0.2) is 0 Å². The molecule has 2 aliphatic carbocycles. The molecule has 0 radical (unpaired) electrons. The summed E-state index contributed by atoms with van der Waals surface area (Å²) in [6.45, 7) is 3.12. The highest BCUT2D eigenvalue weighted by Crippen LogP contribution is 2.48. The molecule has 6 rings (SSSR count). The number of benzene rings is 3. The zero-order valence-corrected chi connectivity index (χ0v) is 24.9. The van der Waals surface area contributed by atoms with Gasteiger partial charge in [-0.25, -0.2) is 12.8 Å². The Balaban J connectivity index is 1.11. The topological polar surface area (TPSA) is 81.7 Å². The fourth-order valence-electron chi connectivity index (χ4n) is 6.29. The van der Waals surface area contributed by atoms with E-state index < -0.39 is 9.84 Å². The van der Waals surface area contributed by atoms with Gasteiger partial charge in [0.1, 0.15) is 21.4 Å². The Morgan fingerprint density at radius 3 is 2.45 bits per heavy atom. The smallest absolute Gasteiger partial charge is 0.309 e. The maximum atomic E-state index is 15.2. The number of sulfone groups is 1. The Labute approximate surface area is 247 Å². The van der Waals surface area contributed by atoms with Crippen LogP contribution in [0.5, 0.6) is 5.75 Å². The summed E-state index contributed by atoms with van der Waals surface area (Å²) in [4.78, 5) is 12.0. The van der Waals surface area contributed by atoms with E-state index in [9.17, 15) is 13.2 Å². The first-order valence-electron chi connectivity index (χ1n) is 15.1. The van der Waals surface area contributed by atoms with Crippen molar-refractivity contribution in [2.24, 2.45) is 11.8 Å². The lowest BCUT2D eigenvalue weighted by molar-refractivity contribution is -0.144. The molecule has 222 valence electrons. The third kappa shape index (κ3) is 6.48. The molecule has 0 aromatic heterocycles. The third-order valence-electron chi connectivity index (χ3n) is 8.89. The Kier molecular flexibility index (Phi) is 8.26. The fraction of sp³-hybridized carbons (Fsp3) is 0.441. The number of anilines is 1. The molecule has 3 aromatic carbocycles. The standard InChI is InChI=1S/C34H38FNO5S/c1-2-40-34(37)32-19-31(32)23-6-8-27(9-7-23)36-20-26-17-30-25(18-33(26)35)5-3-4-24-16-28(10-11-29(24)30)41-21-22-12-14-42(38,39)15-13-22/h6-11,16-18,22,31-32,36H,2-5,12-15,19-21H2,1H3/t31-,32+/m1/s1. The number of nitrogens with one attached hydrogen (secondary N) is 1. The lowest BCUT2D eigenvalue weighted by Crippen LogP contribution is -2.26. The second-order valence-electron chi connectivity index (χ2n) is 11.9. The minimum Gasteiger partial charge on any atom is -0.493 e. The first-order chi connectivity index (χ1) is 20.3. The van der Waals surface area contributed by atoms with Gasteiger partial charge < -0.3 is 14.8 Å². The number of fused-ring (bicyclic) bond motifs is 3. The van der Waals surface area contributed by atoms with Crippen LogP contribution in [-0.2, 0) is 38.8 Å². The van der Waals surface area contributed by atoms with Gasteiger partial charge >= 0.3 is 5.97 Å². The molecule has 0 unspecified atom stereocenters. The second kappa shape index (κ2) is 12.1. The van der Waals surface area contributed by atoms with E-state index in [1.807, 2.05) is 43.3 Å². The number of aryl methyl sites for hydroxylation is 2. The van der Waals surface area contributed by atoms with Crippen molar-refractivity contribution in [1.82, 2.24) is 0 Å². The number of esters is 1. The summed E-state index contributed by atoms with van der Waals surface area (Å²) in [6, 6.07) is 17.9.